The zero-order valence-corrected chi connectivity index (χ0v) is 13.6. The van der Waals surface area contributed by atoms with E-state index in [0.717, 1.165) is 13.0 Å². The van der Waals surface area contributed by atoms with Crippen molar-refractivity contribution in [3.05, 3.63) is 0 Å². The Hall–Kier alpha value is -0.120. The summed E-state index contributed by atoms with van der Waals surface area (Å²) in [6.07, 6.45) is 4.95. The molecular weight excluding hydrogens is 236 g/mol. The first-order valence-corrected chi connectivity index (χ1v) is 7.87. The summed E-state index contributed by atoms with van der Waals surface area (Å²) in [4.78, 5) is 2.57. The maximum absolute atomic E-state index is 9.62. The number of rotatable bonds is 6. The van der Waals surface area contributed by atoms with E-state index in [1.54, 1.807) is 0 Å². The Morgan fingerprint density at radius 3 is 2.53 bits per heavy atom. The Bertz CT molecular complexity index is 265. The minimum Gasteiger partial charge on any atom is -0.394 e. The van der Waals surface area contributed by atoms with Crippen LogP contribution in [0, 0.1) is 5.41 Å². The summed E-state index contributed by atoms with van der Waals surface area (Å²) >= 11 is 0. The highest BCUT2D eigenvalue weighted by molar-refractivity contribution is 4.86. The first-order valence-electron chi connectivity index (χ1n) is 7.87. The molecule has 1 aliphatic rings. The molecule has 1 fully saturated rings. The average molecular weight is 270 g/mol. The molecule has 0 radical (unpaired) electrons. The number of nitrogens with zero attached hydrogens (tertiary/aromatic N) is 1. The topological polar surface area (TPSA) is 35.5 Å². The number of hydrogen-bond donors (Lipinski definition) is 2. The molecule has 1 atom stereocenters. The van der Waals surface area contributed by atoms with Gasteiger partial charge in [0.05, 0.1) is 6.61 Å². The van der Waals surface area contributed by atoms with Gasteiger partial charge < -0.3 is 15.3 Å². The monoisotopic (exact) mass is 270 g/mol. The van der Waals surface area contributed by atoms with Gasteiger partial charge in [-0.15, -0.1) is 0 Å². The molecule has 0 aromatic rings. The molecule has 0 spiro atoms. The summed E-state index contributed by atoms with van der Waals surface area (Å²) in [5, 5.41) is 13.1. The number of likely N-dealkylation sites (tertiary alicyclic amines) is 1. The predicted octanol–water partition coefficient (Wildman–Crippen LogP) is 2.64. The third-order valence-electron chi connectivity index (χ3n) is 4.40. The lowest BCUT2D eigenvalue weighted by Gasteiger charge is -2.33. The van der Waals surface area contributed by atoms with E-state index in [-0.39, 0.29) is 12.1 Å². The van der Waals surface area contributed by atoms with E-state index in [2.05, 4.69) is 44.8 Å². The van der Waals surface area contributed by atoms with Crippen molar-refractivity contribution in [1.29, 1.82) is 0 Å². The molecule has 0 bridgehead atoms. The molecule has 19 heavy (non-hydrogen) atoms. The number of nitrogens with one attached hydrogen (secondary N) is 1. The number of hydrogen-bond acceptors (Lipinski definition) is 3. The van der Waals surface area contributed by atoms with Gasteiger partial charge in [-0.3, -0.25) is 0 Å². The number of aliphatic hydroxyl groups is 1. The van der Waals surface area contributed by atoms with Crippen LogP contribution in [0.3, 0.4) is 0 Å². The fourth-order valence-corrected chi connectivity index (χ4v) is 3.00. The van der Waals surface area contributed by atoms with Crippen LogP contribution in [0.25, 0.3) is 0 Å². The van der Waals surface area contributed by atoms with Crippen molar-refractivity contribution in [1.82, 2.24) is 10.2 Å². The van der Waals surface area contributed by atoms with Crippen molar-refractivity contribution in [2.75, 3.05) is 26.2 Å². The molecule has 0 aliphatic carbocycles. The normalized spacial score (nSPS) is 24.2. The Kier molecular flexibility index (Phi) is 6.28. The Labute approximate surface area is 119 Å². The highest BCUT2D eigenvalue weighted by Gasteiger charge is 2.27. The minimum absolute atomic E-state index is 0.143. The van der Waals surface area contributed by atoms with Crippen LogP contribution in [-0.4, -0.2) is 47.8 Å². The molecule has 1 unspecified atom stereocenters. The minimum atomic E-state index is -0.143. The van der Waals surface area contributed by atoms with Gasteiger partial charge in [-0.05, 0) is 57.7 Å². The van der Waals surface area contributed by atoms with Gasteiger partial charge in [0.25, 0.3) is 0 Å². The smallest absolute Gasteiger partial charge is 0.0611 e. The van der Waals surface area contributed by atoms with Gasteiger partial charge in [0, 0.05) is 11.6 Å². The first kappa shape index (κ1) is 16.9. The van der Waals surface area contributed by atoms with Crippen LogP contribution in [0.2, 0.25) is 0 Å². The van der Waals surface area contributed by atoms with Crippen LogP contribution in [0.5, 0.6) is 0 Å². The van der Waals surface area contributed by atoms with E-state index in [1.807, 2.05) is 0 Å². The first-order chi connectivity index (χ1) is 8.76. The van der Waals surface area contributed by atoms with E-state index in [9.17, 15) is 5.11 Å². The molecule has 3 heteroatoms. The highest BCUT2D eigenvalue weighted by atomic mass is 16.3. The summed E-state index contributed by atoms with van der Waals surface area (Å²) in [6, 6.07) is 0.417. The van der Waals surface area contributed by atoms with E-state index in [0.29, 0.717) is 11.5 Å². The summed E-state index contributed by atoms with van der Waals surface area (Å²) in [6.45, 7) is 14.9. The summed E-state index contributed by atoms with van der Waals surface area (Å²) in [5.74, 6) is 0. The third kappa shape index (κ3) is 6.24. The van der Waals surface area contributed by atoms with Gasteiger partial charge in [0.2, 0.25) is 0 Å². The van der Waals surface area contributed by atoms with Crippen molar-refractivity contribution < 1.29 is 5.11 Å². The summed E-state index contributed by atoms with van der Waals surface area (Å²) < 4.78 is 0. The van der Waals surface area contributed by atoms with Crippen LogP contribution in [0.1, 0.15) is 60.3 Å². The van der Waals surface area contributed by atoms with E-state index in [4.69, 9.17) is 0 Å². The molecule has 1 aliphatic heterocycles. The van der Waals surface area contributed by atoms with Gasteiger partial charge in [-0.25, -0.2) is 0 Å². The average Bonchev–Trinajstić information content (AvgIpc) is 2.47. The second-order valence-corrected chi connectivity index (χ2v) is 7.63. The second kappa shape index (κ2) is 7.05. The van der Waals surface area contributed by atoms with Gasteiger partial charge in [0.1, 0.15) is 0 Å². The third-order valence-corrected chi connectivity index (χ3v) is 4.40. The summed E-state index contributed by atoms with van der Waals surface area (Å²) in [5.41, 5.74) is 0.362. The van der Waals surface area contributed by atoms with Crippen LogP contribution in [0.4, 0.5) is 0 Å². The van der Waals surface area contributed by atoms with Gasteiger partial charge in [-0.2, -0.15) is 0 Å². The Morgan fingerprint density at radius 1 is 1.26 bits per heavy atom. The van der Waals surface area contributed by atoms with Crippen LogP contribution < -0.4 is 5.32 Å². The highest BCUT2D eigenvalue weighted by Crippen LogP contribution is 2.30. The van der Waals surface area contributed by atoms with E-state index < -0.39 is 0 Å². The lowest BCUT2D eigenvalue weighted by Crippen LogP contribution is -2.51. The zero-order valence-electron chi connectivity index (χ0n) is 13.6. The molecule has 0 amide bonds. The lowest BCUT2D eigenvalue weighted by atomic mass is 9.85. The maximum Gasteiger partial charge on any atom is 0.0611 e. The molecule has 1 rings (SSSR count). The fourth-order valence-electron chi connectivity index (χ4n) is 3.00. The molecule has 114 valence electrons. The quantitative estimate of drug-likeness (QED) is 0.779. The van der Waals surface area contributed by atoms with Crippen LogP contribution >= 0.6 is 0 Å². The predicted molar refractivity (Wildman–Crippen MR) is 82.5 cm³/mol. The molecule has 0 aromatic carbocycles. The van der Waals surface area contributed by atoms with Gasteiger partial charge in [0.15, 0.2) is 0 Å². The molecule has 0 saturated carbocycles. The van der Waals surface area contributed by atoms with Gasteiger partial charge in [-0.1, -0.05) is 27.7 Å². The van der Waals surface area contributed by atoms with Crippen LogP contribution in [0.15, 0.2) is 0 Å². The van der Waals surface area contributed by atoms with Crippen molar-refractivity contribution >= 4 is 0 Å². The van der Waals surface area contributed by atoms with Crippen molar-refractivity contribution in [2.24, 2.45) is 5.41 Å². The zero-order chi connectivity index (χ0) is 14.5. The molecule has 3 nitrogen and oxygen atoms in total. The van der Waals surface area contributed by atoms with Crippen molar-refractivity contribution in [3.8, 4) is 0 Å². The second-order valence-electron chi connectivity index (χ2n) is 7.63. The molecular formula is C16H34N2O. The largest absolute Gasteiger partial charge is 0.394 e. The van der Waals surface area contributed by atoms with Crippen LogP contribution in [-0.2, 0) is 0 Å². The van der Waals surface area contributed by atoms with E-state index in [1.165, 1.54) is 32.4 Å². The van der Waals surface area contributed by atoms with Gasteiger partial charge >= 0.3 is 0 Å². The van der Waals surface area contributed by atoms with Crippen molar-refractivity contribution in [3.63, 3.8) is 0 Å². The van der Waals surface area contributed by atoms with E-state index >= 15 is 0 Å². The number of aliphatic hydroxyl groups excluding tert-OH is 1. The lowest BCUT2D eigenvalue weighted by molar-refractivity contribution is 0.137. The SMILES string of the molecule is CC(C)NC(C)(CO)CCN1CCCC(C)(C)CC1. The Balaban J connectivity index is 2.42. The summed E-state index contributed by atoms with van der Waals surface area (Å²) in [7, 11) is 0. The standard InChI is InChI=1S/C16H34N2O/c1-14(2)17-16(5,13-19)9-12-18-10-6-7-15(3,4)8-11-18/h14,17,19H,6-13H2,1-5H3. The molecule has 1 heterocycles. The molecule has 0 aromatic heterocycles. The molecule has 2 N–H and O–H groups in total. The maximum atomic E-state index is 9.62. The Morgan fingerprint density at radius 2 is 1.95 bits per heavy atom. The fraction of sp³-hybridized carbons (Fsp3) is 1.00. The molecule has 1 saturated heterocycles. The van der Waals surface area contributed by atoms with Crippen molar-refractivity contribution in [2.45, 2.75) is 71.9 Å².